The van der Waals surface area contributed by atoms with Crippen molar-refractivity contribution in [3.05, 3.63) is 24.3 Å². The summed E-state index contributed by atoms with van der Waals surface area (Å²) in [5.41, 5.74) is -0.730. The zero-order valence-corrected chi connectivity index (χ0v) is 22.8. The summed E-state index contributed by atoms with van der Waals surface area (Å²) in [6.45, 7) is 9.16. The lowest BCUT2D eigenvalue weighted by Gasteiger charge is -2.23. The summed E-state index contributed by atoms with van der Waals surface area (Å²) >= 11 is 1.40. The molecule has 1 aromatic carbocycles. The zero-order chi connectivity index (χ0) is 27.5. The highest BCUT2D eigenvalue weighted by Gasteiger charge is 2.28. The molecule has 5 amide bonds. The van der Waals surface area contributed by atoms with Crippen molar-refractivity contribution in [2.45, 2.75) is 70.8 Å². The Balaban J connectivity index is 2.57. The van der Waals surface area contributed by atoms with E-state index >= 15 is 0 Å². The molecular weight excluding hydrogens is 486 g/mol. The van der Waals surface area contributed by atoms with Crippen molar-refractivity contribution in [3.63, 3.8) is 0 Å². The molecule has 11 heteroatoms. The Morgan fingerprint density at radius 2 is 1.69 bits per heavy atom. The second-order valence-electron chi connectivity index (χ2n) is 9.89. The number of hydrogen-bond donors (Lipinski definition) is 3. The Bertz CT molecular complexity index is 885. The number of thioether (sulfide) groups is 1. The molecule has 0 heterocycles. The fraction of sp³-hybridized carbons (Fsp3) is 0.600. The first-order valence-electron chi connectivity index (χ1n) is 11.9. The lowest BCUT2D eigenvalue weighted by molar-refractivity contribution is -0.157. The van der Waals surface area contributed by atoms with Crippen LogP contribution in [-0.4, -0.2) is 69.2 Å². The summed E-state index contributed by atoms with van der Waals surface area (Å²) in [6, 6.07) is 5.59. The standard InChI is InChI=1S/C25H39N3O7S/c1-17(2)9-10-18(16-36-20-13-11-19(29)12-14-20)22(31)28(34)23(32)26-15-7-8-21(30)27(6)24(33)35-25(3,4)5/h11-14,17-18,29,34H,7-10,15-16H2,1-6H3,(H,26,32)/t18-/m1/s1. The van der Waals surface area contributed by atoms with Crippen molar-refractivity contribution in [3.8, 4) is 5.75 Å². The Kier molecular flexibility index (Phi) is 12.8. The zero-order valence-electron chi connectivity index (χ0n) is 21.9. The van der Waals surface area contributed by atoms with Crippen molar-refractivity contribution in [2.75, 3.05) is 19.3 Å². The number of hydroxylamine groups is 2. The largest absolute Gasteiger partial charge is 0.508 e. The van der Waals surface area contributed by atoms with Crippen LogP contribution in [-0.2, 0) is 14.3 Å². The molecule has 0 aromatic heterocycles. The van der Waals surface area contributed by atoms with E-state index < -0.39 is 35.5 Å². The van der Waals surface area contributed by atoms with Gasteiger partial charge in [-0.1, -0.05) is 20.3 Å². The molecule has 1 atom stereocenters. The quantitative estimate of drug-likeness (QED) is 0.165. The normalized spacial score (nSPS) is 12.1. The van der Waals surface area contributed by atoms with Gasteiger partial charge in [0.15, 0.2) is 0 Å². The molecule has 1 rings (SSSR count). The van der Waals surface area contributed by atoms with Crippen molar-refractivity contribution in [1.82, 2.24) is 15.3 Å². The number of imide groups is 2. The summed E-state index contributed by atoms with van der Waals surface area (Å²) in [4.78, 5) is 51.0. The number of ether oxygens (including phenoxy) is 1. The first-order valence-corrected chi connectivity index (χ1v) is 12.9. The maximum Gasteiger partial charge on any atom is 0.416 e. The average molecular weight is 526 g/mol. The van der Waals surface area contributed by atoms with E-state index in [0.29, 0.717) is 18.1 Å². The van der Waals surface area contributed by atoms with Crippen molar-refractivity contribution in [1.29, 1.82) is 0 Å². The molecule has 0 bridgehead atoms. The van der Waals surface area contributed by atoms with Crippen LogP contribution >= 0.6 is 11.8 Å². The van der Waals surface area contributed by atoms with Crippen molar-refractivity contribution >= 4 is 35.7 Å². The Labute approximate surface area is 217 Å². The molecule has 0 saturated heterocycles. The van der Waals surface area contributed by atoms with E-state index in [1.165, 1.54) is 18.8 Å². The second kappa shape index (κ2) is 14.7. The van der Waals surface area contributed by atoms with Gasteiger partial charge in [-0.2, -0.15) is 0 Å². The SMILES string of the molecule is CC(C)CC[C@H](CSc1ccc(O)cc1)C(=O)N(O)C(=O)NCCCC(=O)N(C)C(=O)OC(C)(C)C. The third-order valence-electron chi connectivity index (χ3n) is 5.02. The van der Waals surface area contributed by atoms with Gasteiger partial charge >= 0.3 is 12.1 Å². The third-order valence-corrected chi connectivity index (χ3v) is 6.19. The molecule has 202 valence electrons. The Morgan fingerprint density at radius 1 is 1.08 bits per heavy atom. The van der Waals surface area contributed by atoms with Gasteiger partial charge in [-0.05, 0) is 63.8 Å². The topological polar surface area (TPSA) is 136 Å². The molecule has 0 aliphatic carbocycles. The van der Waals surface area contributed by atoms with E-state index in [9.17, 15) is 29.5 Å². The molecule has 3 N–H and O–H groups in total. The number of hydrogen-bond acceptors (Lipinski definition) is 8. The van der Waals surface area contributed by atoms with Crippen LogP contribution in [0.4, 0.5) is 9.59 Å². The van der Waals surface area contributed by atoms with Gasteiger partial charge in [0.05, 0.1) is 5.92 Å². The second-order valence-corrected chi connectivity index (χ2v) is 11.0. The number of rotatable bonds is 11. The van der Waals surface area contributed by atoms with Crippen LogP contribution in [0.2, 0.25) is 0 Å². The highest BCUT2D eigenvalue weighted by Crippen LogP contribution is 2.26. The third kappa shape index (κ3) is 11.8. The van der Waals surface area contributed by atoms with Gasteiger partial charge in [-0.3, -0.25) is 19.7 Å². The van der Waals surface area contributed by atoms with E-state index in [4.69, 9.17) is 4.74 Å². The first kappa shape index (κ1) is 31.2. The lowest BCUT2D eigenvalue weighted by atomic mass is 9.98. The number of benzene rings is 1. The molecule has 0 saturated carbocycles. The number of urea groups is 1. The van der Waals surface area contributed by atoms with Crippen LogP contribution in [0, 0.1) is 11.8 Å². The lowest BCUT2D eigenvalue weighted by Crippen LogP contribution is -2.45. The van der Waals surface area contributed by atoms with E-state index in [1.807, 2.05) is 13.8 Å². The Hall–Kier alpha value is -2.79. The fourth-order valence-corrected chi connectivity index (χ4v) is 3.97. The molecule has 10 nitrogen and oxygen atoms in total. The number of aromatic hydroxyl groups is 1. The van der Waals surface area contributed by atoms with Gasteiger partial charge in [0.1, 0.15) is 11.4 Å². The number of amides is 5. The minimum Gasteiger partial charge on any atom is -0.508 e. The van der Waals surface area contributed by atoms with Gasteiger partial charge in [0, 0.05) is 30.7 Å². The molecule has 0 fully saturated rings. The van der Waals surface area contributed by atoms with Gasteiger partial charge in [-0.25, -0.2) is 9.59 Å². The van der Waals surface area contributed by atoms with E-state index in [2.05, 4.69) is 5.32 Å². The molecule has 0 unspecified atom stereocenters. The van der Waals surface area contributed by atoms with Crippen molar-refractivity contribution in [2.24, 2.45) is 11.8 Å². The number of carbonyl (C=O) groups is 4. The van der Waals surface area contributed by atoms with Crippen LogP contribution in [0.15, 0.2) is 29.2 Å². The fourth-order valence-electron chi connectivity index (χ4n) is 2.93. The number of phenols is 1. The summed E-state index contributed by atoms with van der Waals surface area (Å²) in [7, 11) is 1.32. The van der Waals surface area contributed by atoms with Crippen LogP contribution in [0.25, 0.3) is 0 Å². The molecule has 1 aromatic rings. The highest BCUT2D eigenvalue weighted by atomic mass is 32.2. The number of phenolic OH excluding ortho intramolecular Hbond substituents is 1. The summed E-state index contributed by atoms with van der Waals surface area (Å²) in [5, 5.41) is 22.2. The molecule has 36 heavy (non-hydrogen) atoms. The van der Waals surface area contributed by atoms with Gasteiger partial charge < -0.3 is 15.2 Å². The van der Waals surface area contributed by atoms with Gasteiger partial charge in [0.25, 0.3) is 5.91 Å². The van der Waals surface area contributed by atoms with Gasteiger partial charge in [0.2, 0.25) is 5.91 Å². The minimum atomic E-state index is -0.975. The molecular formula is C25H39N3O7S. The smallest absolute Gasteiger partial charge is 0.416 e. The number of carbonyl (C=O) groups excluding carboxylic acids is 4. The molecule has 0 radical (unpaired) electrons. The molecule has 0 aliphatic heterocycles. The summed E-state index contributed by atoms with van der Waals surface area (Å²) in [5.74, 6) is -0.937. The predicted octanol–water partition coefficient (Wildman–Crippen LogP) is 4.64. The highest BCUT2D eigenvalue weighted by molar-refractivity contribution is 7.99. The van der Waals surface area contributed by atoms with Crippen molar-refractivity contribution < 1.29 is 34.2 Å². The van der Waals surface area contributed by atoms with Crippen LogP contribution in [0.1, 0.15) is 60.3 Å². The maximum atomic E-state index is 12.8. The Morgan fingerprint density at radius 3 is 2.25 bits per heavy atom. The van der Waals surface area contributed by atoms with E-state index in [-0.39, 0.29) is 30.2 Å². The first-order chi connectivity index (χ1) is 16.7. The minimum absolute atomic E-state index is 0.0238. The monoisotopic (exact) mass is 525 g/mol. The maximum absolute atomic E-state index is 12.8. The van der Waals surface area contributed by atoms with E-state index in [0.717, 1.165) is 16.2 Å². The summed E-state index contributed by atoms with van der Waals surface area (Å²) in [6.07, 6.45) is 0.650. The van der Waals surface area contributed by atoms with Crippen LogP contribution < -0.4 is 5.32 Å². The molecule has 0 spiro atoms. The number of nitrogens with zero attached hydrogens (tertiary/aromatic N) is 2. The van der Waals surface area contributed by atoms with Gasteiger partial charge in [-0.15, -0.1) is 16.8 Å². The van der Waals surface area contributed by atoms with Crippen LogP contribution in [0.3, 0.4) is 0 Å². The predicted molar refractivity (Wildman–Crippen MR) is 137 cm³/mol. The number of nitrogens with one attached hydrogen (secondary N) is 1. The van der Waals surface area contributed by atoms with E-state index in [1.54, 1.807) is 45.0 Å². The summed E-state index contributed by atoms with van der Waals surface area (Å²) < 4.78 is 5.14. The average Bonchev–Trinajstić information content (AvgIpc) is 2.79. The molecule has 0 aliphatic rings. The van der Waals surface area contributed by atoms with Crippen LogP contribution in [0.5, 0.6) is 5.75 Å².